The van der Waals surface area contributed by atoms with Crippen LogP contribution in [0.1, 0.15) is 11.1 Å². The first-order chi connectivity index (χ1) is 10.4. The average molecular weight is 302 g/mol. The van der Waals surface area contributed by atoms with E-state index in [2.05, 4.69) is 35.5 Å². The van der Waals surface area contributed by atoms with Crippen LogP contribution in [0.5, 0.6) is 0 Å². The van der Waals surface area contributed by atoms with Gasteiger partial charge in [-0.05, 0) is 35.4 Å². The monoisotopic (exact) mass is 301 g/mol. The Hall–Kier alpha value is -2.80. The Bertz CT molecular complexity index is 572. The molecule has 0 aliphatic heterocycles. The van der Waals surface area contributed by atoms with E-state index in [1.54, 1.807) is 37.2 Å². The lowest BCUT2D eigenvalue weighted by atomic mass is 10.3. The number of hydrazone groups is 2. The number of nitrogens with zero attached hydrogens (tertiary/aromatic N) is 5. The number of aromatic nitrogens is 2. The van der Waals surface area contributed by atoms with Crippen LogP contribution in [-0.2, 0) is 0 Å². The molecule has 0 spiro atoms. The van der Waals surface area contributed by atoms with E-state index in [9.17, 15) is 0 Å². The van der Waals surface area contributed by atoms with Crippen molar-refractivity contribution >= 4 is 30.2 Å². The van der Waals surface area contributed by atoms with Crippen LogP contribution in [0.4, 0.5) is 0 Å². The fraction of sp³-hybridized carbons (Fsp3) is 0. The van der Waals surface area contributed by atoms with Crippen LogP contribution >= 0.6 is 11.8 Å². The molecule has 0 saturated carbocycles. The van der Waals surface area contributed by atoms with E-state index in [-0.39, 0.29) is 5.96 Å². The van der Waals surface area contributed by atoms with Crippen LogP contribution in [0.15, 0.2) is 63.8 Å². The molecule has 2 N–H and O–H groups in total. The Labute approximate surface area is 126 Å². The standard InChI is InChI=1S/C13H12ClN7/c14-19-13(20-17-9-11-1-5-15-6-2-11)21-18-10-12-3-7-16-8-4-12/h1-10H,(H2,19,20,21)/b17-9+,18-10+. The number of halogens is 1. The fourth-order valence-corrected chi connectivity index (χ4v) is 1.37. The summed E-state index contributed by atoms with van der Waals surface area (Å²) in [5.41, 5.74) is 7.06. The molecule has 2 rings (SSSR count). The van der Waals surface area contributed by atoms with E-state index < -0.39 is 0 Å². The third kappa shape index (κ3) is 5.37. The second-order valence-corrected chi connectivity index (χ2v) is 3.90. The van der Waals surface area contributed by atoms with Gasteiger partial charge in [0.05, 0.1) is 12.4 Å². The first kappa shape index (κ1) is 14.6. The molecule has 7 nitrogen and oxygen atoms in total. The van der Waals surface area contributed by atoms with Crippen LogP contribution < -0.4 is 10.9 Å². The molecule has 0 radical (unpaired) electrons. The molecule has 0 bridgehead atoms. The Morgan fingerprint density at radius 1 is 0.857 bits per heavy atom. The first-order valence-corrected chi connectivity index (χ1v) is 6.29. The summed E-state index contributed by atoms with van der Waals surface area (Å²) in [4.78, 5) is 7.82. The summed E-state index contributed by atoms with van der Waals surface area (Å²) in [7, 11) is 0. The lowest BCUT2D eigenvalue weighted by Crippen LogP contribution is -2.30. The Balaban J connectivity index is 1.84. The first-order valence-electron chi connectivity index (χ1n) is 5.95. The maximum Gasteiger partial charge on any atom is 0.250 e. The van der Waals surface area contributed by atoms with Gasteiger partial charge in [0, 0.05) is 36.6 Å². The van der Waals surface area contributed by atoms with Crippen molar-refractivity contribution in [2.45, 2.75) is 0 Å². The minimum atomic E-state index is 0.201. The molecule has 0 fully saturated rings. The summed E-state index contributed by atoms with van der Waals surface area (Å²) in [6.45, 7) is 0. The molecule has 0 unspecified atom stereocenters. The summed E-state index contributed by atoms with van der Waals surface area (Å²) in [5.74, 6) is 0.201. The molecule has 21 heavy (non-hydrogen) atoms. The van der Waals surface area contributed by atoms with Crippen molar-refractivity contribution in [2.75, 3.05) is 0 Å². The van der Waals surface area contributed by atoms with Crippen LogP contribution in [0.25, 0.3) is 0 Å². The van der Waals surface area contributed by atoms with Gasteiger partial charge < -0.3 is 0 Å². The van der Waals surface area contributed by atoms with Crippen molar-refractivity contribution in [1.29, 1.82) is 0 Å². The van der Waals surface area contributed by atoms with Gasteiger partial charge >= 0.3 is 0 Å². The van der Waals surface area contributed by atoms with Gasteiger partial charge in [-0.25, -0.2) is 10.9 Å². The van der Waals surface area contributed by atoms with Crippen molar-refractivity contribution in [1.82, 2.24) is 20.8 Å². The molecule has 0 amide bonds. The normalized spacial score (nSPS) is 10.7. The van der Waals surface area contributed by atoms with Crippen LogP contribution in [0.2, 0.25) is 0 Å². The predicted molar refractivity (Wildman–Crippen MR) is 83.2 cm³/mol. The number of nitrogens with one attached hydrogen (secondary N) is 2. The SMILES string of the molecule is ClN=C(N/N=C/c1ccncc1)N/N=C/c1ccncc1. The summed E-state index contributed by atoms with van der Waals surface area (Å²) >= 11 is 5.43. The smallest absolute Gasteiger partial charge is 0.250 e. The van der Waals surface area contributed by atoms with Gasteiger partial charge in [-0.3, -0.25) is 9.97 Å². The highest BCUT2D eigenvalue weighted by Crippen LogP contribution is 1.91. The van der Waals surface area contributed by atoms with Gasteiger partial charge in [0.25, 0.3) is 0 Å². The quantitative estimate of drug-likeness (QED) is 0.509. The van der Waals surface area contributed by atoms with Crippen molar-refractivity contribution in [3.8, 4) is 0 Å². The predicted octanol–water partition coefficient (Wildman–Crippen LogP) is 1.53. The molecule has 2 heterocycles. The summed E-state index contributed by atoms with van der Waals surface area (Å²) < 4.78 is 3.46. The molecular formula is C13H12ClN7. The van der Waals surface area contributed by atoms with E-state index in [1.165, 1.54) is 0 Å². The van der Waals surface area contributed by atoms with E-state index in [0.717, 1.165) is 11.1 Å². The van der Waals surface area contributed by atoms with E-state index in [4.69, 9.17) is 11.8 Å². The van der Waals surface area contributed by atoms with Gasteiger partial charge in [0.15, 0.2) is 0 Å². The molecule has 2 aromatic rings. The minimum Gasteiger partial charge on any atom is -0.265 e. The number of pyridine rings is 2. The highest BCUT2D eigenvalue weighted by Gasteiger charge is 1.93. The van der Waals surface area contributed by atoms with Crippen LogP contribution in [0, 0.1) is 0 Å². The maximum atomic E-state index is 5.43. The zero-order valence-electron chi connectivity index (χ0n) is 10.9. The second-order valence-electron chi connectivity index (χ2n) is 3.73. The number of hydrogen-bond acceptors (Lipinski definition) is 5. The molecule has 2 aromatic heterocycles. The minimum absolute atomic E-state index is 0.201. The number of guanidine groups is 1. The van der Waals surface area contributed by atoms with Crippen molar-refractivity contribution in [2.24, 2.45) is 14.7 Å². The van der Waals surface area contributed by atoms with E-state index in [0.29, 0.717) is 0 Å². The number of rotatable bonds is 4. The van der Waals surface area contributed by atoms with E-state index >= 15 is 0 Å². The molecule has 0 aromatic carbocycles. The van der Waals surface area contributed by atoms with Crippen molar-refractivity contribution < 1.29 is 0 Å². The maximum absolute atomic E-state index is 5.43. The van der Waals surface area contributed by atoms with Crippen molar-refractivity contribution in [3.05, 3.63) is 60.2 Å². The van der Waals surface area contributed by atoms with Gasteiger partial charge in [0.1, 0.15) is 0 Å². The summed E-state index contributed by atoms with van der Waals surface area (Å²) in [6.07, 6.45) is 9.92. The second kappa shape index (κ2) is 8.39. The zero-order chi connectivity index (χ0) is 14.8. The zero-order valence-corrected chi connectivity index (χ0v) is 11.6. The Kier molecular flexibility index (Phi) is 5.83. The molecule has 8 heteroatoms. The van der Waals surface area contributed by atoms with Gasteiger partial charge in [-0.1, -0.05) is 0 Å². The van der Waals surface area contributed by atoms with Gasteiger partial charge in [-0.15, -0.1) is 4.51 Å². The molecule has 0 aliphatic rings. The lowest BCUT2D eigenvalue weighted by Gasteiger charge is -2.01. The van der Waals surface area contributed by atoms with Gasteiger partial charge in [-0.2, -0.15) is 10.2 Å². The highest BCUT2D eigenvalue weighted by atomic mass is 35.5. The fourth-order valence-electron chi connectivity index (χ4n) is 1.30. The molecular weight excluding hydrogens is 290 g/mol. The van der Waals surface area contributed by atoms with Crippen molar-refractivity contribution in [3.63, 3.8) is 0 Å². The van der Waals surface area contributed by atoms with Gasteiger partial charge in [0.2, 0.25) is 5.96 Å². The number of hydrogen-bond donors (Lipinski definition) is 2. The largest absolute Gasteiger partial charge is 0.265 e. The lowest BCUT2D eigenvalue weighted by molar-refractivity contribution is 0.910. The molecule has 0 saturated heterocycles. The summed E-state index contributed by atoms with van der Waals surface area (Å²) in [5, 5.41) is 7.95. The third-order valence-corrected chi connectivity index (χ3v) is 2.43. The molecule has 106 valence electrons. The molecule has 0 atom stereocenters. The highest BCUT2D eigenvalue weighted by molar-refractivity contribution is 6.19. The topological polar surface area (TPSA) is 86.9 Å². The Morgan fingerprint density at radius 3 is 1.67 bits per heavy atom. The van der Waals surface area contributed by atoms with Crippen LogP contribution in [0.3, 0.4) is 0 Å². The average Bonchev–Trinajstić information content (AvgIpc) is 2.55. The Morgan fingerprint density at radius 2 is 1.29 bits per heavy atom. The van der Waals surface area contributed by atoms with Crippen LogP contribution in [-0.4, -0.2) is 28.4 Å². The third-order valence-electron chi connectivity index (χ3n) is 2.26. The summed E-state index contributed by atoms with van der Waals surface area (Å²) in [6, 6.07) is 7.27. The van der Waals surface area contributed by atoms with E-state index in [1.807, 2.05) is 24.3 Å². The molecule has 0 aliphatic carbocycles.